The van der Waals surface area contributed by atoms with Crippen LogP contribution in [-0.2, 0) is 0 Å². The fraction of sp³-hybridized carbons (Fsp3) is 0.722. The lowest BCUT2D eigenvalue weighted by Gasteiger charge is -2.38. The summed E-state index contributed by atoms with van der Waals surface area (Å²) in [5.74, 6) is 1.52. The normalized spacial score (nSPS) is 25.1. The van der Waals surface area contributed by atoms with Gasteiger partial charge in [-0.2, -0.15) is 0 Å². The summed E-state index contributed by atoms with van der Waals surface area (Å²) in [6, 6.07) is 0.368. The molecule has 2 aliphatic rings. The van der Waals surface area contributed by atoms with Gasteiger partial charge < -0.3 is 4.90 Å². The lowest BCUT2D eigenvalue weighted by atomic mass is 9.81. The van der Waals surface area contributed by atoms with E-state index in [1.807, 2.05) is 13.8 Å². The standard InChI is InChI=1S/C18H26ClN3O/c1-12(2)17-20-11-14(19)16(21-17)18(23)22-10-6-5-8-13-7-3-4-9-15(13)22/h11-13,15H,3-10H2,1-2H3/t13-,15-/m0/s1. The predicted molar refractivity (Wildman–Crippen MR) is 91.8 cm³/mol. The summed E-state index contributed by atoms with van der Waals surface area (Å²) < 4.78 is 0. The Labute approximate surface area is 143 Å². The smallest absolute Gasteiger partial charge is 0.274 e. The van der Waals surface area contributed by atoms with Crippen LogP contribution in [0.5, 0.6) is 0 Å². The summed E-state index contributed by atoms with van der Waals surface area (Å²) in [4.78, 5) is 24.0. The van der Waals surface area contributed by atoms with Crippen molar-refractivity contribution in [2.24, 2.45) is 5.92 Å². The molecule has 0 spiro atoms. The first-order valence-corrected chi connectivity index (χ1v) is 9.29. The fourth-order valence-electron chi connectivity index (χ4n) is 3.99. The van der Waals surface area contributed by atoms with Crippen LogP contribution in [0.4, 0.5) is 0 Å². The molecule has 2 heterocycles. The van der Waals surface area contributed by atoms with E-state index in [0.717, 1.165) is 19.4 Å². The zero-order valence-electron chi connectivity index (χ0n) is 14.1. The van der Waals surface area contributed by atoms with Gasteiger partial charge in [-0.15, -0.1) is 0 Å². The van der Waals surface area contributed by atoms with Gasteiger partial charge in [0.25, 0.3) is 5.91 Å². The lowest BCUT2D eigenvalue weighted by Crippen LogP contribution is -2.45. The Hall–Kier alpha value is -1.16. The quantitative estimate of drug-likeness (QED) is 0.802. The second-order valence-electron chi connectivity index (χ2n) is 7.19. The van der Waals surface area contributed by atoms with Crippen molar-refractivity contribution in [1.29, 1.82) is 0 Å². The number of fused-ring (bicyclic) bond motifs is 1. The van der Waals surface area contributed by atoms with Crippen molar-refractivity contribution in [3.8, 4) is 0 Å². The maximum absolute atomic E-state index is 13.2. The third kappa shape index (κ3) is 3.52. The van der Waals surface area contributed by atoms with Crippen molar-refractivity contribution in [3.63, 3.8) is 0 Å². The second kappa shape index (κ2) is 7.16. The van der Waals surface area contributed by atoms with Crippen LogP contribution < -0.4 is 0 Å². The summed E-state index contributed by atoms with van der Waals surface area (Å²) in [5, 5.41) is 0.371. The summed E-state index contributed by atoms with van der Waals surface area (Å²) in [6.07, 6.45) is 10.0. The number of aromatic nitrogens is 2. The third-order valence-electron chi connectivity index (χ3n) is 5.24. The number of carbonyl (C=O) groups excluding carboxylic acids is 1. The molecule has 3 rings (SSSR count). The molecule has 1 amide bonds. The topological polar surface area (TPSA) is 46.1 Å². The van der Waals surface area contributed by atoms with E-state index < -0.39 is 0 Å². The molecular formula is C18H26ClN3O. The van der Waals surface area contributed by atoms with Gasteiger partial charge >= 0.3 is 0 Å². The van der Waals surface area contributed by atoms with Crippen LogP contribution in [0.15, 0.2) is 6.20 Å². The van der Waals surface area contributed by atoms with Crippen molar-refractivity contribution in [1.82, 2.24) is 14.9 Å². The Morgan fingerprint density at radius 3 is 2.65 bits per heavy atom. The molecule has 1 aliphatic carbocycles. The van der Waals surface area contributed by atoms with Gasteiger partial charge in [-0.1, -0.05) is 44.7 Å². The van der Waals surface area contributed by atoms with Gasteiger partial charge in [0.05, 0.1) is 11.2 Å². The highest BCUT2D eigenvalue weighted by molar-refractivity contribution is 6.33. The van der Waals surface area contributed by atoms with E-state index >= 15 is 0 Å². The molecule has 1 aromatic heterocycles. The van der Waals surface area contributed by atoms with Gasteiger partial charge in [-0.05, 0) is 31.6 Å². The number of hydrogen-bond donors (Lipinski definition) is 0. The molecule has 1 aromatic rings. The first-order valence-electron chi connectivity index (χ1n) is 8.91. The Balaban J connectivity index is 1.90. The molecule has 23 heavy (non-hydrogen) atoms. The molecule has 0 bridgehead atoms. The number of rotatable bonds is 2. The highest BCUT2D eigenvalue weighted by Crippen LogP contribution is 2.35. The Morgan fingerprint density at radius 1 is 1.22 bits per heavy atom. The van der Waals surface area contributed by atoms with Crippen molar-refractivity contribution < 1.29 is 4.79 Å². The first kappa shape index (κ1) is 16.7. The molecule has 1 aliphatic heterocycles. The number of nitrogens with zero attached hydrogens (tertiary/aromatic N) is 3. The van der Waals surface area contributed by atoms with Gasteiger partial charge in [0, 0.05) is 18.5 Å². The molecule has 0 radical (unpaired) electrons. The van der Waals surface area contributed by atoms with Crippen molar-refractivity contribution >= 4 is 17.5 Å². The van der Waals surface area contributed by atoms with Gasteiger partial charge in [0.2, 0.25) is 0 Å². The van der Waals surface area contributed by atoms with E-state index in [9.17, 15) is 4.79 Å². The van der Waals surface area contributed by atoms with Crippen LogP contribution in [-0.4, -0.2) is 33.4 Å². The van der Waals surface area contributed by atoms with E-state index in [1.165, 1.54) is 32.1 Å². The van der Waals surface area contributed by atoms with Crippen LogP contribution in [0.25, 0.3) is 0 Å². The largest absolute Gasteiger partial charge is 0.334 e. The second-order valence-corrected chi connectivity index (χ2v) is 7.59. The van der Waals surface area contributed by atoms with Crippen LogP contribution in [0.3, 0.4) is 0 Å². The Bertz CT molecular complexity index is 575. The van der Waals surface area contributed by atoms with Gasteiger partial charge in [-0.3, -0.25) is 4.79 Å². The Morgan fingerprint density at radius 2 is 1.91 bits per heavy atom. The van der Waals surface area contributed by atoms with E-state index in [-0.39, 0.29) is 11.8 Å². The third-order valence-corrected chi connectivity index (χ3v) is 5.51. The molecule has 2 fully saturated rings. The minimum Gasteiger partial charge on any atom is -0.334 e. The molecule has 0 aromatic carbocycles. The summed E-state index contributed by atoms with van der Waals surface area (Å²) in [5.41, 5.74) is 0.386. The average molecular weight is 336 g/mol. The van der Waals surface area contributed by atoms with Crippen molar-refractivity contribution in [2.75, 3.05) is 6.54 Å². The number of halogens is 1. The van der Waals surface area contributed by atoms with Crippen LogP contribution in [0, 0.1) is 5.92 Å². The minimum atomic E-state index is -0.00176. The minimum absolute atomic E-state index is 0.00176. The molecule has 4 nitrogen and oxygen atoms in total. The SMILES string of the molecule is CC(C)c1ncc(Cl)c(C(=O)N2CCCC[C@@H]3CCCC[C@@H]32)n1. The maximum Gasteiger partial charge on any atom is 0.274 e. The number of amides is 1. The highest BCUT2D eigenvalue weighted by atomic mass is 35.5. The summed E-state index contributed by atoms with van der Waals surface area (Å²) >= 11 is 6.26. The molecule has 2 atom stereocenters. The van der Waals surface area contributed by atoms with E-state index in [4.69, 9.17) is 11.6 Å². The van der Waals surface area contributed by atoms with E-state index in [2.05, 4.69) is 14.9 Å². The molecule has 1 saturated carbocycles. The molecular weight excluding hydrogens is 310 g/mol. The first-order chi connectivity index (χ1) is 11.1. The van der Waals surface area contributed by atoms with Crippen LogP contribution in [0.2, 0.25) is 5.02 Å². The zero-order valence-corrected chi connectivity index (χ0v) is 14.9. The fourth-order valence-corrected chi connectivity index (χ4v) is 4.16. The van der Waals surface area contributed by atoms with Crippen LogP contribution >= 0.6 is 11.6 Å². The maximum atomic E-state index is 13.2. The summed E-state index contributed by atoms with van der Waals surface area (Å²) in [6.45, 7) is 4.89. The van der Waals surface area contributed by atoms with Crippen LogP contribution in [0.1, 0.15) is 81.0 Å². The molecule has 1 saturated heterocycles. The molecule has 0 N–H and O–H groups in total. The van der Waals surface area contributed by atoms with Gasteiger partial charge in [-0.25, -0.2) is 9.97 Å². The average Bonchev–Trinajstić information content (AvgIpc) is 2.77. The molecule has 126 valence electrons. The number of carbonyl (C=O) groups is 1. The molecule has 5 heteroatoms. The van der Waals surface area contributed by atoms with Crippen molar-refractivity contribution in [2.45, 2.75) is 70.8 Å². The van der Waals surface area contributed by atoms with Gasteiger partial charge in [0.1, 0.15) is 5.82 Å². The molecule has 0 unspecified atom stereocenters. The van der Waals surface area contributed by atoms with E-state index in [1.54, 1.807) is 6.20 Å². The zero-order chi connectivity index (χ0) is 16.4. The lowest BCUT2D eigenvalue weighted by molar-refractivity contribution is 0.0562. The van der Waals surface area contributed by atoms with Crippen molar-refractivity contribution in [3.05, 3.63) is 22.7 Å². The van der Waals surface area contributed by atoms with Gasteiger partial charge in [0.15, 0.2) is 5.69 Å². The summed E-state index contributed by atoms with van der Waals surface area (Å²) in [7, 11) is 0. The monoisotopic (exact) mass is 335 g/mol. The highest BCUT2D eigenvalue weighted by Gasteiger charge is 2.35. The number of likely N-dealkylation sites (tertiary alicyclic amines) is 1. The Kier molecular flexibility index (Phi) is 5.20. The predicted octanol–water partition coefficient (Wildman–Crippen LogP) is 4.44. The number of hydrogen-bond acceptors (Lipinski definition) is 3. The van der Waals surface area contributed by atoms with E-state index in [0.29, 0.717) is 28.5 Å².